The first-order chi connectivity index (χ1) is 17.9. The van der Waals surface area contributed by atoms with Crippen LogP contribution in [0.15, 0.2) is 96.6 Å². The summed E-state index contributed by atoms with van der Waals surface area (Å²) < 4.78 is 0. The molecule has 2 bridgehead atoms. The van der Waals surface area contributed by atoms with Gasteiger partial charge in [-0.25, -0.2) is 0 Å². The average Bonchev–Trinajstić information content (AvgIpc) is 3.17. The standard InChI is InChI=1S/C35H30Cl2/c1-21-13-27-16-28(14-21)35(20-22(27)2)31-17-26(11-12-30(31)34-32(35)18-29(36)19-33(34)37)25-10-6-9-24(15-25)23-7-4-3-5-8-23/h3-12,15,17-21,27-28H,13-14,16H2,1-2H3. The van der Waals surface area contributed by atoms with Crippen LogP contribution in [0.2, 0.25) is 10.0 Å². The van der Waals surface area contributed by atoms with Gasteiger partial charge in [-0.1, -0.05) is 102 Å². The van der Waals surface area contributed by atoms with Gasteiger partial charge in [0.05, 0.1) is 5.02 Å². The molecular formula is C35H30Cl2. The molecule has 0 N–H and O–H groups in total. The van der Waals surface area contributed by atoms with Crippen LogP contribution in [0.4, 0.5) is 0 Å². The Morgan fingerprint density at radius 3 is 2.24 bits per heavy atom. The van der Waals surface area contributed by atoms with Gasteiger partial charge >= 0.3 is 0 Å². The molecule has 4 aromatic carbocycles. The number of fused-ring (bicyclic) bond motifs is 8. The van der Waals surface area contributed by atoms with Gasteiger partial charge in [0.25, 0.3) is 0 Å². The minimum atomic E-state index is -0.179. The van der Waals surface area contributed by atoms with E-state index in [-0.39, 0.29) is 5.41 Å². The van der Waals surface area contributed by atoms with Crippen molar-refractivity contribution in [2.24, 2.45) is 17.8 Å². The second kappa shape index (κ2) is 8.62. The van der Waals surface area contributed by atoms with Crippen LogP contribution in [0.3, 0.4) is 0 Å². The maximum atomic E-state index is 6.94. The Hall–Kier alpha value is -2.80. The summed E-state index contributed by atoms with van der Waals surface area (Å²) in [5.74, 6) is 1.95. The maximum absolute atomic E-state index is 6.94. The van der Waals surface area contributed by atoms with E-state index in [0.717, 1.165) is 16.0 Å². The molecule has 37 heavy (non-hydrogen) atoms. The Kier molecular flexibility index (Phi) is 5.43. The van der Waals surface area contributed by atoms with Gasteiger partial charge in [0.15, 0.2) is 0 Å². The van der Waals surface area contributed by atoms with Crippen LogP contribution < -0.4 is 0 Å². The van der Waals surface area contributed by atoms with Crippen molar-refractivity contribution >= 4 is 23.2 Å². The smallest absolute Gasteiger partial charge is 0.0502 e. The van der Waals surface area contributed by atoms with Gasteiger partial charge in [-0.05, 0) is 107 Å². The molecule has 0 radical (unpaired) electrons. The van der Waals surface area contributed by atoms with Crippen molar-refractivity contribution in [1.29, 1.82) is 0 Å². The minimum Gasteiger partial charge on any atom is -0.0843 e. The summed E-state index contributed by atoms with van der Waals surface area (Å²) in [5.41, 5.74) is 11.4. The molecule has 4 unspecified atom stereocenters. The molecule has 1 spiro atoms. The molecule has 0 saturated heterocycles. The molecule has 0 amide bonds. The van der Waals surface area contributed by atoms with E-state index in [4.69, 9.17) is 23.2 Å². The van der Waals surface area contributed by atoms with Gasteiger partial charge < -0.3 is 0 Å². The predicted molar refractivity (Wildman–Crippen MR) is 157 cm³/mol. The van der Waals surface area contributed by atoms with Gasteiger partial charge in [0.2, 0.25) is 0 Å². The Morgan fingerprint density at radius 1 is 0.703 bits per heavy atom. The number of rotatable bonds is 2. The number of halogens is 2. The molecule has 1 fully saturated rings. The molecule has 1 saturated carbocycles. The molecule has 7 rings (SSSR count). The first-order valence-electron chi connectivity index (χ1n) is 13.4. The van der Waals surface area contributed by atoms with E-state index in [1.165, 1.54) is 69.3 Å². The molecular weight excluding hydrogens is 491 g/mol. The van der Waals surface area contributed by atoms with Crippen molar-refractivity contribution in [3.8, 4) is 33.4 Å². The fourth-order valence-corrected chi connectivity index (χ4v) is 8.24. The summed E-state index contributed by atoms with van der Waals surface area (Å²) >= 11 is 13.6. The van der Waals surface area contributed by atoms with Crippen molar-refractivity contribution < 1.29 is 0 Å². The molecule has 2 heteroatoms. The van der Waals surface area contributed by atoms with E-state index >= 15 is 0 Å². The molecule has 4 atom stereocenters. The molecule has 3 aliphatic rings. The van der Waals surface area contributed by atoms with Crippen molar-refractivity contribution in [3.63, 3.8) is 0 Å². The van der Waals surface area contributed by atoms with Crippen LogP contribution >= 0.6 is 23.2 Å². The Labute approximate surface area is 230 Å². The summed E-state index contributed by atoms with van der Waals surface area (Å²) in [6, 6.07) is 30.7. The van der Waals surface area contributed by atoms with E-state index in [2.05, 4.69) is 98.8 Å². The zero-order valence-corrected chi connectivity index (χ0v) is 22.8. The highest BCUT2D eigenvalue weighted by Crippen LogP contribution is 2.63. The minimum absolute atomic E-state index is 0.179. The quantitative estimate of drug-likeness (QED) is 0.230. The summed E-state index contributed by atoms with van der Waals surface area (Å²) in [6.45, 7) is 4.77. The van der Waals surface area contributed by atoms with E-state index in [0.29, 0.717) is 11.8 Å². The topological polar surface area (TPSA) is 0 Å². The molecule has 0 nitrogen and oxygen atoms in total. The zero-order valence-electron chi connectivity index (χ0n) is 21.3. The van der Waals surface area contributed by atoms with Gasteiger partial charge in [-0.2, -0.15) is 0 Å². The third-order valence-electron chi connectivity index (χ3n) is 9.22. The summed E-state index contributed by atoms with van der Waals surface area (Å²) in [4.78, 5) is 0. The summed E-state index contributed by atoms with van der Waals surface area (Å²) in [5, 5.41) is 1.49. The highest BCUT2D eigenvalue weighted by atomic mass is 35.5. The van der Waals surface area contributed by atoms with Crippen molar-refractivity contribution in [3.05, 3.63) is 118 Å². The van der Waals surface area contributed by atoms with Crippen LogP contribution in [0.5, 0.6) is 0 Å². The van der Waals surface area contributed by atoms with Crippen molar-refractivity contribution in [2.75, 3.05) is 0 Å². The Bertz CT molecular complexity index is 1560. The Balaban J connectivity index is 1.46. The first kappa shape index (κ1) is 23.3. The third kappa shape index (κ3) is 3.57. The summed E-state index contributed by atoms with van der Waals surface area (Å²) in [6.07, 6.45) is 6.37. The lowest BCUT2D eigenvalue weighted by atomic mass is 9.55. The van der Waals surface area contributed by atoms with Gasteiger partial charge in [0, 0.05) is 16.0 Å². The van der Waals surface area contributed by atoms with Crippen LogP contribution in [-0.2, 0) is 5.41 Å². The fraction of sp³-hybridized carbons (Fsp3) is 0.257. The zero-order chi connectivity index (χ0) is 25.3. The highest BCUT2D eigenvalue weighted by Gasteiger charge is 2.52. The third-order valence-corrected chi connectivity index (χ3v) is 9.74. The second-order valence-electron chi connectivity index (χ2n) is 11.5. The predicted octanol–water partition coefficient (Wildman–Crippen LogP) is 10.6. The molecule has 0 aromatic heterocycles. The van der Waals surface area contributed by atoms with Crippen LogP contribution in [-0.4, -0.2) is 0 Å². The molecule has 0 heterocycles. The first-order valence-corrected chi connectivity index (χ1v) is 14.2. The van der Waals surface area contributed by atoms with Gasteiger partial charge in [-0.3, -0.25) is 0 Å². The average molecular weight is 522 g/mol. The highest BCUT2D eigenvalue weighted by molar-refractivity contribution is 6.37. The monoisotopic (exact) mass is 520 g/mol. The second-order valence-corrected chi connectivity index (χ2v) is 12.3. The van der Waals surface area contributed by atoms with Gasteiger partial charge in [0.1, 0.15) is 0 Å². The molecule has 4 aromatic rings. The lowest BCUT2D eigenvalue weighted by Crippen LogP contribution is -2.42. The van der Waals surface area contributed by atoms with E-state index in [1.54, 1.807) is 0 Å². The van der Waals surface area contributed by atoms with E-state index in [9.17, 15) is 0 Å². The Morgan fingerprint density at radius 2 is 1.43 bits per heavy atom. The van der Waals surface area contributed by atoms with Crippen LogP contribution in [0, 0.1) is 17.8 Å². The molecule has 3 aliphatic carbocycles. The number of hydrogen-bond acceptors (Lipinski definition) is 0. The van der Waals surface area contributed by atoms with Crippen LogP contribution in [0.1, 0.15) is 44.2 Å². The molecule has 184 valence electrons. The van der Waals surface area contributed by atoms with Crippen LogP contribution in [0.25, 0.3) is 33.4 Å². The molecule has 0 aliphatic heterocycles. The van der Waals surface area contributed by atoms with Crippen molar-refractivity contribution in [2.45, 2.75) is 38.5 Å². The SMILES string of the molecule is CC1=CC2(c3cc(-c4cccc(-c5ccccc5)c4)ccc3-c3c(Cl)cc(Cl)cc32)C2CC(C)CC1C2. The number of hydrogen-bond donors (Lipinski definition) is 0. The van der Waals surface area contributed by atoms with E-state index in [1.807, 2.05) is 6.07 Å². The summed E-state index contributed by atoms with van der Waals surface area (Å²) in [7, 11) is 0. The largest absolute Gasteiger partial charge is 0.0843 e. The fourth-order valence-electron chi connectivity index (χ4n) is 7.65. The maximum Gasteiger partial charge on any atom is 0.0502 e. The normalized spacial score (nSPS) is 25.5. The lowest BCUT2D eigenvalue weighted by Gasteiger charge is -2.49. The number of benzene rings is 4. The number of allylic oxidation sites excluding steroid dienone is 2. The lowest BCUT2D eigenvalue weighted by molar-refractivity contribution is 0.168. The van der Waals surface area contributed by atoms with Crippen molar-refractivity contribution in [1.82, 2.24) is 0 Å². The van der Waals surface area contributed by atoms with E-state index < -0.39 is 0 Å². The van der Waals surface area contributed by atoms with Gasteiger partial charge in [-0.15, -0.1) is 0 Å².